The normalized spacial score (nSPS) is 17.3. The topological polar surface area (TPSA) is 63.6 Å². The molecule has 0 saturated carbocycles. The standard InChI is InChI=1S/C30H31N3O3/c1-4-20-10-9-11-21(18-20)31-29(34)27-23-13-5-6-14-24(23)30(35)33(16-17-36-3)28(27)25-19-32(2)26-15-8-7-12-22(25)26/h5-15,18-19,27-28H,4,16-17H2,1-3H3,(H,31,34). The van der Waals surface area contributed by atoms with Crippen LogP contribution in [-0.2, 0) is 23.0 Å². The predicted molar refractivity (Wildman–Crippen MR) is 142 cm³/mol. The summed E-state index contributed by atoms with van der Waals surface area (Å²) < 4.78 is 7.43. The van der Waals surface area contributed by atoms with Crippen LogP contribution in [0.4, 0.5) is 5.69 Å². The van der Waals surface area contributed by atoms with Gasteiger partial charge >= 0.3 is 0 Å². The summed E-state index contributed by atoms with van der Waals surface area (Å²) >= 11 is 0. The lowest BCUT2D eigenvalue weighted by atomic mass is 9.79. The van der Waals surface area contributed by atoms with Gasteiger partial charge in [0.1, 0.15) is 0 Å². The molecule has 1 aliphatic rings. The largest absolute Gasteiger partial charge is 0.383 e. The van der Waals surface area contributed by atoms with E-state index in [1.165, 1.54) is 0 Å². The first-order valence-electron chi connectivity index (χ1n) is 12.4. The molecule has 6 nitrogen and oxygen atoms in total. The van der Waals surface area contributed by atoms with Crippen molar-refractivity contribution >= 4 is 28.4 Å². The number of carbonyl (C=O) groups excluding carboxylic acids is 2. The number of nitrogens with zero attached hydrogens (tertiary/aromatic N) is 2. The van der Waals surface area contributed by atoms with E-state index in [1.54, 1.807) is 12.0 Å². The molecule has 184 valence electrons. The van der Waals surface area contributed by atoms with Crippen molar-refractivity contribution in [1.82, 2.24) is 9.47 Å². The first kappa shape index (κ1) is 23.8. The number of anilines is 1. The van der Waals surface area contributed by atoms with Gasteiger partial charge in [0.05, 0.1) is 18.6 Å². The van der Waals surface area contributed by atoms with Crippen molar-refractivity contribution in [1.29, 1.82) is 0 Å². The average molecular weight is 482 g/mol. The second-order valence-corrected chi connectivity index (χ2v) is 9.26. The monoisotopic (exact) mass is 481 g/mol. The van der Waals surface area contributed by atoms with Crippen molar-refractivity contribution in [3.63, 3.8) is 0 Å². The first-order chi connectivity index (χ1) is 17.5. The fraction of sp³-hybridized carbons (Fsp3) is 0.267. The summed E-state index contributed by atoms with van der Waals surface area (Å²) in [6.07, 6.45) is 2.93. The van der Waals surface area contributed by atoms with Gasteiger partial charge in [-0.25, -0.2) is 0 Å². The lowest BCUT2D eigenvalue weighted by molar-refractivity contribution is -0.119. The molecule has 0 aliphatic carbocycles. The van der Waals surface area contributed by atoms with Gasteiger partial charge in [-0.15, -0.1) is 0 Å². The fourth-order valence-corrected chi connectivity index (χ4v) is 5.35. The summed E-state index contributed by atoms with van der Waals surface area (Å²) in [5.41, 5.74) is 5.23. The fourth-order valence-electron chi connectivity index (χ4n) is 5.35. The molecule has 1 N–H and O–H groups in total. The number of aromatic nitrogens is 1. The Morgan fingerprint density at radius 3 is 2.58 bits per heavy atom. The van der Waals surface area contributed by atoms with Crippen molar-refractivity contribution in [2.75, 3.05) is 25.6 Å². The molecule has 0 radical (unpaired) electrons. The predicted octanol–water partition coefficient (Wildman–Crippen LogP) is 5.31. The van der Waals surface area contributed by atoms with Crippen LogP contribution >= 0.6 is 0 Å². The zero-order valence-corrected chi connectivity index (χ0v) is 20.9. The zero-order chi connectivity index (χ0) is 25.2. The van der Waals surface area contributed by atoms with Crippen LogP contribution in [-0.4, -0.2) is 41.5 Å². The molecule has 0 spiro atoms. The van der Waals surface area contributed by atoms with Crippen LogP contribution in [0.25, 0.3) is 10.9 Å². The number of nitrogens with one attached hydrogen (secondary N) is 1. The van der Waals surface area contributed by atoms with Crippen LogP contribution in [0.1, 0.15) is 45.9 Å². The van der Waals surface area contributed by atoms with Gasteiger partial charge in [0, 0.05) is 54.6 Å². The van der Waals surface area contributed by atoms with Gasteiger partial charge in [0.25, 0.3) is 5.91 Å². The molecule has 5 rings (SSSR count). The molecule has 2 atom stereocenters. The number of hydrogen-bond acceptors (Lipinski definition) is 3. The van der Waals surface area contributed by atoms with E-state index in [0.29, 0.717) is 18.7 Å². The third-order valence-corrected chi connectivity index (χ3v) is 7.11. The number of benzene rings is 3. The maximum Gasteiger partial charge on any atom is 0.254 e. The number of ether oxygens (including phenoxy) is 1. The van der Waals surface area contributed by atoms with Gasteiger partial charge < -0.3 is 19.5 Å². The highest BCUT2D eigenvalue weighted by Gasteiger charge is 2.45. The summed E-state index contributed by atoms with van der Waals surface area (Å²) in [7, 11) is 3.62. The highest BCUT2D eigenvalue weighted by atomic mass is 16.5. The molecule has 6 heteroatoms. The van der Waals surface area contributed by atoms with E-state index in [0.717, 1.165) is 39.7 Å². The summed E-state index contributed by atoms with van der Waals surface area (Å²) in [5, 5.41) is 4.19. The zero-order valence-electron chi connectivity index (χ0n) is 20.9. The summed E-state index contributed by atoms with van der Waals surface area (Å²) in [6.45, 7) is 2.85. The minimum atomic E-state index is -0.591. The maximum absolute atomic E-state index is 14.1. The number of para-hydroxylation sites is 1. The Morgan fingerprint density at radius 1 is 1.00 bits per heavy atom. The summed E-state index contributed by atoms with van der Waals surface area (Å²) in [4.78, 5) is 29.7. The molecule has 2 unspecified atom stereocenters. The third-order valence-electron chi connectivity index (χ3n) is 7.11. The third kappa shape index (κ3) is 4.18. The maximum atomic E-state index is 14.1. The van der Waals surface area contributed by atoms with Gasteiger partial charge in [-0.2, -0.15) is 0 Å². The van der Waals surface area contributed by atoms with Crippen molar-refractivity contribution in [3.8, 4) is 0 Å². The minimum absolute atomic E-state index is 0.0855. The Labute approximate surface area is 211 Å². The Hall–Kier alpha value is -3.90. The molecule has 0 fully saturated rings. The molecule has 36 heavy (non-hydrogen) atoms. The van der Waals surface area contributed by atoms with E-state index in [1.807, 2.05) is 67.8 Å². The number of aryl methyl sites for hydroxylation is 2. The van der Waals surface area contributed by atoms with E-state index in [4.69, 9.17) is 4.74 Å². The Balaban J connectivity index is 1.68. The molecule has 2 amide bonds. The second-order valence-electron chi connectivity index (χ2n) is 9.26. The second kappa shape index (κ2) is 9.99. The lowest BCUT2D eigenvalue weighted by Crippen LogP contribution is -2.47. The number of fused-ring (bicyclic) bond motifs is 2. The number of rotatable bonds is 7. The number of methoxy groups -OCH3 is 1. The molecule has 1 aliphatic heterocycles. The molecular formula is C30H31N3O3. The van der Waals surface area contributed by atoms with Crippen LogP contribution in [0.2, 0.25) is 0 Å². The molecule has 0 bridgehead atoms. The van der Waals surface area contributed by atoms with Crippen LogP contribution in [0.15, 0.2) is 79.0 Å². The quantitative estimate of drug-likeness (QED) is 0.389. The Morgan fingerprint density at radius 2 is 1.78 bits per heavy atom. The first-order valence-corrected chi connectivity index (χ1v) is 12.4. The smallest absolute Gasteiger partial charge is 0.254 e. The molecule has 0 saturated heterocycles. The van der Waals surface area contributed by atoms with Crippen molar-refractivity contribution in [2.24, 2.45) is 7.05 Å². The van der Waals surface area contributed by atoms with Crippen molar-refractivity contribution < 1.29 is 14.3 Å². The average Bonchev–Trinajstić information content (AvgIpc) is 3.24. The van der Waals surface area contributed by atoms with E-state index in [-0.39, 0.29) is 11.8 Å². The lowest BCUT2D eigenvalue weighted by Gasteiger charge is -2.41. The van der Waals surface area contributed by atoms with Gasteiger partial charge in [0.2, 0.25) is 5.91 Å². The van der Waals surface area contributed by atoms with Gasteiger partial charge in [-0.05, 0) is 41.8 Å². The van der Waals surface area contributed by atoms with E-state index >= 15 is 0 Å². The molecular weight excluding hydrogens is 450 g/mol. The summed E-state index contributed by atoms with van der Waals surface area (Å²) in [5.74, 6) is -0.812. The molecule has 1 aromatic heterocycles. The van der Waals surface area contributed by atoms with Crippen molar-refractivity contribution in [3.05, 3.63) is 101 Å². The Kier molecular flexibility index (Phi) is 6.61. The minimum Gasteiger partial charge on any atom is -0.383 e. The number of carbonyl (C=O) groups is 2. The van der Waals surface area contributed by atoms with E-state index < -0.39 is 12.0 Å². The number of hydrogen-bond donors (Lipinski definition) is 1. The molecule has 3 aromatic carbocycles. The van der Waals surface area contributed by atoms with Crippen LogP contribution < -0.4 is 5.32 Å². The van der Waals surface area contributed by atoms with Gasteiger partial charge in [-0.3, -0.25) is 9.59 Å². The van der Waals surface area contributed by atoms with Crippen LogP contribution in [0, 0.1) is 0 Å². The Bertz CT molecular complexity index is 1420. The number of amides is 2. The highest BCUT2D eigenvalue weighted by Crippen LogP contribution is 2.45. The van der Waals surface area contributed by atoms with Gasteiger partial charge in [0.15, 0.2) is 0 Å². The van der Waals surface area contributed by atoms with E-state index in [9.17, 15) is 9.59 Å². The summed E-state index contributed by atoms with van der Waals surface area (Å²) in [6, 6.07) is 23.0. The molecule has 4 aromatic rings. The SMILES string of the molecule is CCc1cccc(NC(=O)C2c3ccccc3C(=O)N(CCOC)C2c2cn(C)c3ccccc23)c1. The van der Waals surface area contributed by atoms with Crippen molar-refractivity contribution in [2.45, 2.75) is 25.3 Å². The van der Waals surface area contributed by atoms with Gasteiger partial charge in [-0.1, -0.05) is 55.5 Å². The molecule has 2 heterocycles. The van der Waals surface area contributed by atoms with Crippen LogP contribution in [0.5, 0.6) is 0 Å². The van der Waals surface area contributed by atoms with E-state index in [2.05, 4.69) is 35.0 Å². The van der Waals surface area contributed by atoms with Crippen LogP contribution in [0.3, 0.4) is 0 Å². The highest BCUT2D eigenvalue weighted by molar-refractivity contribution is 6.05.